The lowest BCUT2D eigenvalue weighted by atomic mass is 10.1. The third-order valence-corrected chi connectivity index (χ3v) is 6.60. The average molecular weight is 357 g/mol. The van der Waals surface area contributed by atoms with Crippen molar-refractivity contribution in [3.05, 3.63) is 29.8 Å². The van der Waals surface area contributed by atoms with Crippen LogP contribution in [0.5, 0.6) is 0 Å². The monoisotopic (exact) mass is 356 g/mol. The van der Waals surface area contributed by atoms with Crippen molar-refractivity contribution in [2.75, 3.05) is 29.9 Å². The predicted octanol–water partition coefficient (Wildman–Crippen LogP) is 2.49. The summed E-state index contributed by atoms with van der Waals surface area (Å²) in [6.45, 7) is 0.594. The molecule has 1 aromatic rings. The van der Waals surface area contributed by atoms with Gasteiger partial charge in [-0.2, -0.15) is 11.8 Å². The first-order valence-electron chi connectivity index (χ1n) is 7.82. The Morgan fingerprint density at radius 3 is 2.61 bits per heavy atom. The highest BCUT2D eigenvalue weighted by Crippen LogP contribution is 2.29. The summed E-state index contributed by atoms with van der Waals surface area (Å²) in [5.74, 6) is 0.656. The quantitative estimate of drug-likeness (QED) is 0.762. The van der Waals surface area contributed by atoms with Crippen molar-refractivity contribution >= 4 is 33.4 Å². The van der Waals surface area contributed by atoms with Crippen LogP contribution in [-0.2, 0) is 10.0 Å². The van der Waals surface area contributed by atoms with Gasteiger partial charge in [0.05, 0.1) is 17.5 Å². The lowest BCUT2D eigenvalue weighted by Gasteiger charge is -2.19. The number of rotatable bonds is 7. The zero-order valence-electron chi connectivity index (χ0n) is 13.6. The number of nitrogens with one attached hydrogen (secondary N) is 1. The lowest BCUT2D eigenvalue weighted by Crippen LogP contribution is -2.31. The smallest absolute Gasteiger partial charge is 0.253 e. The number of nitrogens with zero attached hydrogens (tertiary/aromatic N) is 1. The normalized spacial score (nSPS) is 15.6. The molecule has 0 unspecified atom stereocenters. The highest BCUT2D eigenvalue weighted by atomic mass is 32.2. The number of benzene rings is 1. The fourth-order valence-electron chi connectivity index (χ4n) is 2.66. The molecule has 1 saturated carbocycles. The predicted molar refractivity (Wildman–Crippen MR) is 96.7 cm³/mol. The second kappa shape index (κ2) is 8.06. The molecule has 128 valence electrons. The van der Waals surface area contributed by atoms with Gasteiger partial charge in [-0.3, -0.25) is 9.10 Å². The Morgan fingerprint density at radius 1 is 1.30 bits per heavy atom. The number of anilines is 1. The molecule has 1 fully saturated rings. The van der Waals surface area contributed by atoms with Crippen molar-refractivity contribution in [2.24, 2.45) is 0 Å². The molecule has 1 aromatic carbocycles. The summed E-state index contributed by atoms with van der Waals surface area (Å²) in [6, 6.07) is 6.76. The Hall–Kier alpha value is -1.21. The molecule has 1 amide bonds. The van der Waals surface area contributed by atoms with Crippen molar-refractivity contribution in [3.8, 4) is 0 Å². The molecule has 0 saturated heterocycles. The van der Waals surface area contributed by atoms with Crippen molar-refractivity contribution in [1.29, 1.82) is 0 Å². The van der Waals surface area contributed by atoms with E-state index in [0.717, 1.165) is 21.6 Å². The summed E-state index contributed by atoms with van der Waals surface area (Å²) in [7, 11) is -1.94. The van der Waals surface area contributed by atoms with Crippen LogP contribution in [0.25, 0.3) is 0 Å². The highest BCUT2D eigenvalue weighted by molar-refractivity contribution is 7.99. The molecule has 0 bridgehead atoms. The minimum Gasteiger partial charge on any atom is -0.351 e. The van der Waals surface area contributed by atoms with E-state index in [4.69, 9.17) is 0 Å². The number of para-hydroxylation sites is 1. The van der Waals surface area contributed by atoms with E-state index in [0.29, 0.717) is 17.8 Å². The van der Waals surface area contributed by atoms with Crippen molar-refractivity contribution in [2.45, 2.75) is 30.9 Å². The topological polar surface area (TPSA) is 66.5 Å². The van der Waals surface area contributed by atoms with Gasteiger partial charge in [0.25, 0.3) is 5.91 Å². The summed E-state index contributed by atoms with van der Waals surface area (Å²) in [5.41, 5.74) is 0.780. The second-order valence-corrected chi connectivity index (χ2v) is 9.20. The molecule has 0 heterocycles. The summed E-state index contributed by atoms with van der Waals surface area (Å²) < 4.78 is 24.5. The van der Waals surface area contributed by atoms with Crippen LogP contribution in [-0.4, -0.2) is 45.2 Å². The van der Waals surface area contributed by atoms with Gasteiger partial charge in [-0.15, -0.1) is 0 Å². The SMILES string of the molecule is CN(c1ccccc1C(=O)NCCSC1CCCC1)S(C)(=O)=O. The zero-order chi connectivity index (χ0) is 16.9. The van der Waals surface area contributed by atoms with Crippen molar-refractivity contribution in [3.63, 3.8) is 0 Å². The Kier molecular flexibility index (Phi) is 6.35. The molecule has 0 spiro atoms. The molecule has 5 nitrogen and oxygen atoms in total. The van der Waals surface area contributed by atoms with Crippen molar-refractivity contribution in [1.82, 2.24) is 5.32 Å². The van der Waals surface area contributed by atoms with Gasteiger partial charge < -0.3 is 5.32 Å². The number of sulfonamides is 1. The first-order valence-corrected chi connectivity index (χ1v) is 10.7. The fourth-order valence-corrected chi connectivity index (χ4v) is 4.40. The van der Waals surface area contributed by atoms with Gasteiger partial charge in [0.15, 0.2) is 0 Å². The van der Waals surface area contributed by atoms with Gasteiger partial charge in [-0.25, -0.2) is 8.42 Å². The maximum atomic E-state index is 12.4. The van der Waals surface area contributed by atoms with Crippen LogP contribution in [0.2, 0.25) is 0 Å². The Balaban J connectivity index is 1.93. The van der Waals surface area contributed by atoms with E-state index >= 15 is 0 Å². The summed E-state index contributed by atoms with van der Waals surface area (Å²) in [5, 5.41) is 3.62. The molecule has 0 radical (unpaired) electrons. The van der Waals surface area contributed by atoms with Gasteiger partial charge in [0, 0.05) is 24.6 Å². The van der Waals surface area contributed by atoms with E-state index in [1.54, 1.807) is 24.3 Å². The van der Waals surface area contributed by atoms with E-state index in [1.165, 1.54) is 32.7 Å². The van der Waals surface area contributed by atoms with Crippen LogP contribution >= 0.6 is 11.8 Å². The van der Waals surface area contributed by atoms with Gasteiger partial charge in [-0.1, -0.05) is 25.0 Å². The molecule has 1 N–H and O–H groups in total. The minimum atomic E-state index is -3.40. The first kappa shape index (κ1) is 18.1. The summed E-state index contributed by atoms with van der Waals surface area (Å²) >= 11 is 1.91. The molecule has 0 atom stereocenters. The van der Waals surface area contributed by atoms with E-state index in [9.17, 15) is 13.2 Å². The molecule has 1 aliphatic rings. The summed E-state index contributed by atoms with van der Waals surface area (Å²) in [6.07, 6.45) is 6.31. The Morgan fingerprint density at radius 2 is 1.96 bits per heavy atom. The largest absolute Gasteiger partial charge is 0.351 e. The highest BCUT2D eigenvalue weighted by Gasteiger charge is 2.19. The number of thioether (sulfide) groups is 1. The van der Waals surface area contributed by atoms with Crippen LogP contribution in [0.1, 0.15) is 36.0 Å². The molecular weight excluding hydrogens is 332 g/mol. The Labute approximate surface area is 142 Å². The minimum absolute atomic E-state index is 0.233. The Bertz CT molecular complexity index is 640. The molecule has 23 heavy (non-hydrogen) atoms. The van der Waals surface area contributed by atoms with Gasteiger partial charge >= 0.3 is 0 Å². The first-order chi connectivity index (χ1) is 10.9. The second-order valence-electron chi connectivity index (χ2n) is 5.78. The molecule has 0 aromatic heterocycles. The average Bonchev–Trinajstić information content (AvgIpc) is 3.03. The van der Waals surface area contributed by atoms with Crippen molar-refractivity contribution < 1.29 is 13.2 Å². The van der Waals surface area contributed by atoms with Crippen LogP contribution < -0.4 is 9.62 Å². The van der Waals surface area contributed by atoms with Crippen LogP contribution in [0.15, 0.2) is 24.3 Å². The van der Waals surface area contributed by atoms with Crippen LogP contribution in [0, 0.1) is 0 Å². The number of amides is 1. The molecule has 7 heteroatoms. The molecule has 2 rings (SSSR count). The maximum Gasteiger partial charge on any atom is 0.253 e. The van der Waals surface area contributed by atoms with Gasteiger partial charge in [0.1, 0.15) is 0 Å². The van der Waals surface area contributed by atoms with Gasteiger partial charge in [-0.05, 0) is 25.0 Å². The van der Waals surface area contributed by atoms with E-state index in [-0.39, 0.29) is 5.91 Å². The van der Waals surface area contributed by atoms with Crippen LogP contribution in [0.3, 0.4) is 0 Å². The molecule has 1 aliphatic carbocycles. The summed E-state index contributed by atoms with van der Waals surface area (Å²) in [4.78, 5) is 12.4. The third kappa shape index (κ3) is 5.14. The third-order valence-electron chi connectivity index (χ3n) is 4.03. The van der Waals surface area contributed by atoms with E-state index < -0.39 is 10.0 Å². The maximum absolute atomic E-state index is 12.4. The van der Waals surface area contributed by atoms with E-state index in [2.05, 4.69) is 5.32 Å². The lowest BCUT2D eigenvalue weighted by molar-refractivity contribution is 0.0957. The number of hydrogen-bond donors (Lipinski definition) is 1. The number of carbonyl (C=O) groups excluding carboxylic acids is 1. The number of hydrogen-bond acceptors (Lipinski definition) is 4. The van der Waals surface area contributed by atoms with Gasteiger partial charge in [0.2, 0.25) is 10.0 Å². The molecular formula is C16H24N2O3S2. The standard InChI is InChI=1S/C16H24N2O3S2/c1-18(23(2,20)21)15-10-6-5-9-14(15)16(19)17-11-12-22-13-7-3-4-8-13/h5-6,9-10,13H,3-4,7-8,11-12H2,1-2H3,(H,17,19). The number of carbonyl (C=O) groups is 1. The van der Waals surface area contributed by atoms with Crippen LogP contribution in [0.4, 0.5) is 5.69 Å². The molecule has 0 aliphatic heterocycles. The zero-order valence-corrected chi connectivity index (χ0v) is 15.3. The fraction of sp³-hybridized carbons (Fsp3) is 0.562. The van der Waals surface area contributed by atoms with E-state index in [1.807, 2.05) is 11.8 Å².